The number of halogens is 2. The molecule has 3 nitrogen and oxygen atoms in total. The Balaban J connectivity index is 2.86. The second-order valence-electron chi connectivity index (χ2n) is 4.41. The molecule has 1 unspecified atom stereocenters. The van der Waals surface area contributed by atoms with Gasteiger partial charge in [0.1, 0.15) is 0 Å². The highest BCUT2D eigenvalue weighted by atomic mass is 19.3. The van der Waals surface area contributed by atoms with E-state index in [0.29, 0.717) is 12.8 Å². The van der Waals surface area contributed by atoms with Crippen molar-refractivity contribution in [2.45, 2.75) is 50.5 Å². The van der Waals surface area contributed by atoms with Crippen molar-refractivity contribution in [3.05, 3.63) is 0 Å². The number of carbonyl (C=O) groups excluding carboxylic acids is 1. The van der Waals surface area contributed by atoms with E-state index < -0.39 is 23.9 Å². The van der Waals surface area contributed by atoms with E-state index in [1.807, 2.05) is 0 Å². The van der Waals surface area contributed by atoms with Crippen molar-refractivity contribution in [3.8, 4) is 0 Å². The fourth-order valence-corrected chi connectivity index (χ4v) is 2.37. The van der Waals surface area contributed by atoms with E-state index in [9.17, 15) is 13.6 Å². The van der Waals surface area contributed by atoms with Crippen LogP contribution in [0, 0.1) is 5.92 Å². The fraction of sp³-hybridized carbons (Fsp3) is 0.909. The lowest BCUT2D eigenvalue weighted by Gasteiger charge is -2.33. The third-order valence-electron chi connectivity index (χ3n) is 3.43. The topological polar surface area (TPSA) is 52.3 Å². The van der Waals surface area contributed by atoms with Crippen molar-refractivity contribution in [2.24, 2.45) is 11.7 Å². The first-order valence-electron chi connectivity index (χ1n) is 5.69. The second kappa shape index (κ2) is 5.57. The summed E-state index contributed by atoms with van der Waals surface area (Å²) in [4.78, 5) is 11.5. The number of hydrogen-bond donors (Lipinski definition) is 1. The third kappa shape index (κ3) is 2.51. The minimum absolute atomic E-state index is 0.470. The zero-order valence-electron chi connectivity index (χ0n) is 9.55. The predicted molar refractivity (Wildman–Crippen MR) is 56.1 cm³/mol. The van der Waals surface area contributed by atoms with Crippen molar-refractivity contribution in [1.82, 2.24) is 0 Å². The van der Waals surface area contributed by atoms with E-state index >= 15 is 0 Å². The maximum absolute atomic E-state index is 13.0. The Labute approximate surface area is 94.3 Å². The summed E-state index contributed by atoms with van der Waals surface area (Å²) in [6.07, 6.45) is 2.05. The van der Waals surface area contributed by atoms with Gasteiger partial charge in [0.15, 0.2) is 5.54 Å². The number of carbonyl (C=O) groups is 1. The Morgan fingerprint density at radius 3 is 2.19 bits per heavy atom. The van der Waals surface area contributed by atoms with E-state index in [1.165, 1.54) is 0 Å². The molecule has 0 spiro atoms. The monoisotopic (exact) mass is 235 g/mol. The van der Waals surface area contributed by atoms with E-state index in [1.54, 1.807) is 0 Å². The molecule has 16 heavy (non-hydrogen) atoms. The average molecular weight is 235 g/mol. The highest BCUT2D eigenvalue weighted by Crippen LogP contribution is 2.34. The van der Waals surface area contributed by atoms with Gasteiger partial charge in [-0.15, -0.1) is 0 Å². The Morgan fingerprint density at radius 2 is 1.81 bits per heavy atom. The molecule has 0 amide bonds. The van der Waals surface area contributed by atoms with Crippen LogP contribution in [0.2, 0.25) is 0 Å². The zero-order chi connectivity index (χ0) is 12.2. The van der Waals surface area contributed by atoms with E-state index in [2.05, 4.69) is 4.74 Å². The van der Waals surface area contributed by atoms with Crippen LogP contribution in [0.5, 0.6) is 0 Å². The SMILES string of the molecule is COC(=O)C(N)(C(F)F)C1CCCCCC1. The molecule has 0 bridgehead atoms. The maximum atomic E-state index is 13.0. The van der Waals surface area contributed by atoms with Crippen molar-refractivity contribution in [2.75, 3.05) is 7.11 Å². The molecule has 0 aromatic heterocycles. The number of methoxy groups -OCH3 is 1. The molecule has 5 heteroatoms. The minimum atomic E-state index is -2.87. The number of ether oxygens (including phenoxy) is 1. The molecule has 1 aliphatic rings. The average Bonchev–Trinajstić information content (AvgIpc) is 2.55. The highest BCUT2D eigenvalue weighted by molar-refractivity contribution is 5.81. The number of alkyl halides is 2. The van der Waals surface area contributed by atoms with Gasteiger partial charge in [-0.2, -0.15) is 0 Å². The molecule has 1 fully saturated rings. The first-order valence-corrected chi connectivity index (χ1v) is 5.69. The molecule has 0 aliphatic heterocycles. The van der Waals surface area contributed by atoms with E-state index in [-0.39, 0.29) is 0 Å². The van der Waals surface area contributed by atoms with Crippen LogP contribution in [0.1, 0.15) is 38.5 Å². The molecular formula is C11H19F2NO2. The Hall–Kier alpha value is -0.710. The summed E-state index contributed by atoms with van der Waals surface area (Å²) in [7, 11) is 1.10. The van der Waals surface area contributed by atoms with Crippen molar-refractivity contribution in [1.29, 1.82) is 0 Å². The largest absolute Gasteiger partial charge is 0.467 e. The first-order chi connectivity index (χ1) is 7.53. The number of nitrogens with two attached hydrogens (primary N) is 1. The molecule has 0 radical (unpaired) electrons. The fourth-order valence-electron chi connectivity index (χ4n) is 2.37. The lowest BCUT2D eigenvalue weighted by molar-refractivity contribution is -0.157. The quantitative estimate of drug-likeness (QED) is 0.602. The molecule has 0 saturated heterocycles. The van der Waals surface area contributed by atoms with Gasteiger partial charge in [0.05, 0.1) is 7.11 Å². The van der Waals surface area contributed by atoms with Crippen LogP contribution in [-0.2, 0) is 9.53 Å². The molecule has 94 valence electrons. The van der Waals surface area contributed by atoms with Gasteiger partial charge in [0, 0.05) is 0 Å². The van der Waals surface area contributed by atoms with E-state index in [0.717, 1.165) is 32.8 Å². The van der Waals surface area contributed by atoms with Gasteiger partial charge in [-0.1, -0.05) is 25.7 Å². The van der Waals surface area contributed by atoms with Gasteiger partial charge >= 0.3 is 5.97 Å². The van der Waals surface area contributed by atoms with E-state index in [4.69, 9.17) is 5.73 Å². The standard InChI is InChI=1S/C11H19F2NO2/c1-16-10(15)11(14,9(12)13)8-6-4-2-3-5-7-8/h8-9H,2-7,14H2,1H3. The maximum Gasteiger partial charge on any atom is 0.332 e. The number of hydrogen-bond acceptors (Lipinski definition) is 3. The Bertz CT molecular complexity index is 240. The molecule has 2 N–H and O–H groups in total. The zero-order valence-corrected chi connectivity index (χ0v) is 9.55. The van der Waals surface area contributed by atoms with Crippen LogP contribution in [-0.4, -0.2) is 25.0 Å². The van der Waals surface area contributed by atoms with Gasteiger partial charge in [0.25, 0.3) is 6.43 Å². The van der Waals surface area contributed by atoms with Gasteiger partial charge in [-0.3, -0.25) is 0 Å². The second-order valence-corrected chi connectivity index (χ2v) is 4.41. The molecule has 0 aromatic rings. The third-order valence-corrected chi connectivity index (χ3v) is 3.43. The summed E-state index contributed by atoms with van der Waals surface area (Å²) < 4.78 is 30.5. The van der Waals surface area contributed by atoms with Crippen molar-refractivity contribution in [3.63, 3.8) is 0 Å². The lowest BCUT2D eigenvalue weighted by atomic mass is 9.80. The summed E-state index contributed by atoms with van der Waals surface area (Å²) >= 11 is 0. The van der Waals surface area contributed by atoms with Gasteiger partial charge in [-0.25, -0.2) is 13.6 Å². The van der Waals surface area contributed by atoms with Gasteiger partial charge in [0.2, 0.25) is 0 Å². The number of rotatable bonds is 3. The molecule has 1 rings (SSSR count). The Kier molecular flexibility index (Phi) is 4.65. The first kappa shape index (κ1) is 13.4. The summed E-state index contributed by atoms with van der Waals surface area (Å²) in [6.45, 7) is 0. The summed E-state index contributed by atoms with van der Waals surface area (Å²) in [6, 6.07) is 0. The smallest absolute Gasteiger partial charge is 0.332 e. The predicted octanol–water partition coefficient (Wildman–Crippen LogP) is 2.09. The van der Waals surface area contributed by atoms with Crippen LogP contribution in [0.25, 0.3) is 0 Å². The minimum Gasteiger partial charge on any atom is -0.467 e. The van der Waals surface area contributed by atoms with Crippen LogP contribution < -0.4 is 5.73 Å². The molecule has 1 aliphatic carbocycles. The molecular weight excluding hydrogens is 216 g/mol. The lowest BCUT2D eigenvalue weighted by Crippen LogP contribution is -2.60. The van der Waals surface area contributed by atoms with Crippen LogP contribution in [0.3, 0.4) is 0 Å². The Morgan fingerprint density at radius 1 is 1.31 bits per heavy atom. The highest BCUT2D eigenvalue weighted by Gasteiger charge is 2.50. The van der Waals surface area contributed by atoms with Crippen LogP contribution >= 0.6 is 0 Å². The summed E-state index contributed by atoms with van der Waals surface area (Å²) in [5.74, 6) is -1.46. The number of esters is 1. The van der Waals surface area contributed by atoms with Gasteiger partial charge in [-0.05, 0) is 18.8 Å². The van der Waals surface area contributed by atoms with Crippen molar-refractivity contribution < 1.29 is 18.3 Å². The van der Waals surface area contributed by atoms with Crippen LogP contribution in [0.4, 0.5) is 8.78 Å². The summed E-state index contributed by atoms with van der Waals surface area (Å²) in [5, 5.41) is 0. The normalized spacial score (nSPS) is 22.6. The summed E-state index contributed by atoms with van der Waals surface area (Å²) in [5.41, 5.74) is 3.49. The molecule has 0 aromatic carbocycles. The molecule has 1 atom stereocenters. The molecule has 1 saturated carbocycles. The van der Waals surface area contributed by atoms with Crippen LogP contribution in [0.15, 0.2) is 0 Å². The molecule has 0 heterocycles. The van der Waals surface area contributed by atoms with Gasteiger partial charge < -0.3 is 10.5 Å². The van der Waals surface area contributed by atoms with Crippen molar-refractivity contribution >= 4 is 5.97 Å².